The van der Waals surface area contributed by atoms with Crippen molar-refractivity contribution in [3.8, 4) is 0 Å². The molecule has 1 aromatic carbocycles. The third kappa shape index (κ3) is 5.75. The Kier molecular flexibility index (Phi) is 8.08. The molecular weight excluding hydrogens is 494 g/mol. The van der Waals surface area contributed by atoms with Gasteiger partial charge >= 0.3 is 5.97 Å². The summed E-state index contributed by atoms with van der Waals surface area (Å²) >= 11 is 0. The molecule has 10 heteroatoms. The zero-order valence-corrected chi connectivity index (χ0v) is 22.9. The number of nitrogens with one attached hydrogen (secondary N) is 1. The zero-order chi connectivity index (χ0) is 26.8. The summed E-state index contributed by atoms with van der Waals surface area (Å²) in [7, 11) is -3.40. The molecule has 202 valence electrons. The first kappa shape index (κ1) is 27.3. The van der Waals surface area contributed by atoms with E-state index in [9.17, 15) is 18.0 Å². The number of carbonyl (C=O) groups is 2. The summed E-state index contributed by atoms with van der Waals surface area (Å²) in [5.41, 5.74) is 2.80. The smallest absolute Gasteiger partial charge is 0.338 e. The number of hydrogen-bond acceptors (Lipinski definition) is 7. The van der Waals surface area contributed by atoms with Gasteiger partial charge in [-0.3, -0.25) is 9.48 Å². The van der Waals surface area contributed by atoms with Crippen molar-refractivity contribution in [1.82, 2.24) is 15.1 Å². The van der Waals surface area contributed by atoms with Gasteiger partial charge < -0.3 is 14.8 Å². The van der Waals surface area contributed by atoms with E-state index in [4.69, 9.17) is 14.6 Å². The number of ether oxygens (including phenoxy) is 2. The quantitative estimate of drug-likeness (QED) is 0.520. The van der Waals surface area contributed by atoms with E-state index in [0.29, 0.717) is 44.0 Å². The van der Waals surface area contributed by atoms with Crippen LogP contribution in [0.15, 0.2) is 29.2 Å². The number of amides is 1. The molecule has 2 aromatic rings. The number of hydrogen-bond donors (Lipinski definition) is 1. The van der Waals surface area contributed by atoms with Gasteiger partial charge in [0.1, 0.15) is 5.69 Å². The van der Waals surface area contributed by atoms with Gasteiger partial charge in [0.05, 0.1) is 28.0 Å². The van der Waals surface area contributed by atoms with Crippen LogP contribution in [0.25, 0.3) is 0 Å². The van der Waals surface area contributed by atoms with Crippen LogP contribution in [0.5, 0.6) is 0 Å². The minimum absolute atomic E-state index is 0.0224. The topological polar surface area (TPSA) is 117 Å². The number of nitrogens with zero attached hydrogens (tertiary/aromatic N) is 2. The van der Waals surface area contributed by atoms with Gasteiger partial charge in [0, 0.05) is 31.9 Å². The number of aromatic nitrogens is 2. The average molecular weight is 532 g/mol. The number of aryl methyl sites for hydroxylation is 1. The third-order valence-electron chi connectivity index (χ3n) is 7.46. The van der Waals surface area contributed by atoms with Crippen molar-refractivity contribution >= 4 is 21.7 Å². The molecule has 1 aromatic heterocycles. The molecule has 1 amide bonds. The Morgan fingerprint density at radius 1 is 1.19 bits per heavy atom. The second kappa shape index (κ2) is 10.9. The molecule has 1 fully saturated rings. The Morgan fingerprint density at radius 2 is 1.86 bits per heavy atom. The fraction of sp³-hybridized carbons (Fsp3) is 0.593. The van der Waals surface area contributed by atoms with E-state index in [1.807, 2.05) is 13.8 Å². The van der Waals surface area contributed by atoms with Crippen molar-refractivity contribution in [2.45, 2.75) is 70.1 Å². The van der Waals surface area contributed by atoms with Crippen LogP contribution in [0.2, 0.25) is 0 Å². The fourth-order valence-corrected chi connectivity index (χ4v) is 6.13. The van der Waals surface area contributed by atoms with E-state index in [2.05, 4.69) is 5.32 Å². The van der Waals surface area contributed by atoms with Crippen molar-refractivity contribution < 1.29 is 27.5 Å². The Morgan fingerprint density at radius 3 is 2.49 bits per heavy atom. The molecule has 4 rings (SSSR count). The van der Waals surface area contributed by atoms with E-state index in [0.717, 1.165) is 30.5 Å². The first-order chi connectivity index (χ1) is 17.6. The monoisotopic (exact) mass is 531 g/mol. The standard InChI is InChI=1S/C27H37N3O6S/c1-5-30-24-22(15-27(17-28-25(24)31)10-12-35-13-11-27)23(29-30)14-19(4)16-36-26(32)20-6-8-21(9-7-20)37(33,34)18(2)3/h6-9,18-19H,5,10-17H2,1-4H3,(H,28,31). The lowest BCUT2D eigenvalue weighted by atomic mass is 9.75. The second-order valence-electron chi connectivity index (χ2n) is 10.6. The highest BCUT2D eigenvalue weighted by Crippen LogP contribution is 2.38. The predicted octanol–water partition coefficient (Wildman–Crippen LogP) is 3.20. The maximum Gasteiger partial charge on any atom is 0.338 e. The summed E-state index contributed by atoms with van der Waals surface area (Å²) in [5.74, 6) is -0.606. The summed E-state index contributed by atoms with van der Waals surface area (Å²) in [6, 6.07) is 5.85. The molecule has 3 heterocycles. The molecule has 1 atom stereocenters. The maximum absolute atomic E-state index is 13.0. The van der Waals surface area contributed by atoms with Crippen molar-refractivity contribution in [3.05, 3.63) is 46.8 Å². The first-order valence-corrected chi connectivity index (χ1v) is 14.6. The Hall–Kier alpha value is -2.72. The maximum atomic E-state index is 13.0. The lowest BCUT2D eigenvalue weighted by Crippen LogP contribution is -2.40. The van der Waals surface area contributed by atoms with Gasteiger partial charge in [0.15, 0.2) is 9.84 Å². The van der Waals surface area contributed by atoms with Crippen LogP contribution in [0.4, 0.5) is 0 Å². The Bertz CT molecular complexity index is 1240. The van der Waals surface area contributed by atoms with Gasteiger partial charge in [-0.05, 0) is 82.1 Å². The molecule has 2 aliphatic rings. The number of fused-ring (bicyclic) bond motifs is 1. The highest BCUT2D eigenvalue weighted by Gasteiger charge is 2.39. The van der Waals surface area contributed by atoms with Crippen molar-refractivity contribution in [3.63, 3.8) is 0 Å². The summed E-state index contributed by atoms with van der Waals surface area (Å²) in [6.45, 7) is 10.0. The minimum atomic E-state index is -3.40. The molecule has 9 nitrogen and oxygen atoms in total. The molecule has 1 spiro atoms. The Labute approximate surface area is 218 Å². The van der Waals surface area contributed by atoms with Gasteiger partial charge in [-0.2, -0.15) is 5.10 Å². The van der Waals surface area contributed by atoms with Gasteiger partial charge in [-0.15, -0.1) is 0 Å². The van der Waals surface area contributed by atoms with Crippen LogP contribution >= 0.6 is 0 Å². The van der Waals surface area contributed by atoms with E-state index in [1.54, 1.807) is 18.5 Å². The molecule has 0 aliphatic carbocycles. The van der Waals surface area contributed by atoms with E-state index in [-0.39, 0.29) is 28.7 Å². The van der Waals surface area contributed by atoms with Gasteiger partial charge in [-0.1, -0.05) is 6.92 Å². The normalized spacial score (nSPS) is 18.2. The molecule has 0 bridgehead atoms. The zero-order valence-electron chi connectivity index (χ0n) is 22.1. The van der Waals surface area contributed by atoms with Crippen molar-refractivity contribution in [2.24, 2.45) is 11.3 Å². The number of rotatable bonds is 8. The van der Waals surface area contributed by atoms with Crippen LogP contribution in [-0.4, -0.2) is 61.7 Å². The summed E-state index contributed by atoms with van der Waals surface area (Å²) in [5, 5.41) is 7.36. The van der Waals surface area contributed by atoms with E-state index in [1.165, 1.54) is 24.3 Å². The van der Waals surface area contributed by atoms with Crippen LogP contribution in [0, 0.1) is 11.3 Å². The average Bonchev–Trinajstić information content (AvgIpc) is 3.15. The van der Waals surface area contributed by atoms with Crippen LogP contribution < -0.4 is 5.32 Å². The van der Waals surface area contributed by atoms with E-state index >= 15 is 0 Å². The molecule has 2 aliphatic heterocycles. The number of sulfone groups is 1. The summed E-state index contributed by atoms with van der Waals surface area (Å²) in [6.07, 6.45) is 3.15. The van der Waals surface area contributed by atoms with Crippen LogP contribution in [-0.2, 0) is 38.7 Å². The lowest BCUT2D eigenvalue weighted by molar-refractivity contribution is 0.0160. The SMILES string of the molecule is CCn1nc(CC(C)COC(=O)c2ccc(S(=O)(=O)C(C)C)cc2)c2c1C(=O)NCC1(CCOCC1)C2. The molecule has 1 N–H and O–H groups in total. The molecule has 37 heavy (non-hydrogen) atoms. The minimum Gasteiger partial charge on any atom is -0.462 e. The highest BCUT2D eigenvalue weighted by atomic mass is 32.2. The third-order valence-corrected chi connectivity index (χ3v) is 9.63. The number of esters is 1. The van der Waals surface area contributed by atoms with Gasteiger partial charge in [0.2, 0.25) is 0 Å². The first-order valence-electron chi connectivity index (χ1n) is 13.0. The largest absolute Gasteiger partial charge is 0.462 e. The Balaban J connectivity index is 1.45. The van der Waals surface area contributed by atoms with Gasteiger partial charge in [-0.25, -0.2) is 13.2 Å². The van der Waals surface area contributed by atoms with Crippen molar-refractivity contribution in [1.29, 1.82) is 0 Å². The number of carbonyl (C=O) groups excluding carboxylic acids is 2. The van der Waals surface area contributed by atoms with Crippen molar-refractivity contribution in [2.75, 3.05) is 26.4 Å². The highest BCUT2D eigenvalue weighted by molar-refractivity contribution is 7.92. The molecule has 1 saturated heterocycles. The second-order valence-corrected chi connectivity index (χ2v) is 13.1. The fourth-order valence-electron chi connectivity index (χ4n) is 5.07. The summed E-state index contributed by atoms with van der Waals surface area (Å²) in [4.78, 5) is 25.8. The molecular formula is C27H37N3O6S. The van der Waals surface area contributed by atoms with Gasteiger partial charge in [0.25, 0.3) is 5.91 Å². The number of benzene rings is 1. The predicted molar refractivity (Wildman–Crippen MR) is 138 cm³/mol. The van der Waals surface area contributed by atoms with E-state index < -0.39 is 21.1 Å². The molecule has 0 saturated carbocycles. The lowest BCUT2D eigenvalue weighted by Gasteiger charge is -2.36. The molecule has 1 unspecified atom stereocenters. The molecule has 0 radical (unpaired) electrons. The summed E-state index contributed by atoms with van der Waals surface area (Å²) < 4.78 is 37.5. The van der Waals surface area contributed by atoms with Crippen LogP contribution in [0.3, 0.4) is 0 Å². The van der Waals surface area contributed by atoms with Crippen LogP contribution in [0.1, 0.15) is 72.6 Å².